The monoisotopic (exact) mass is 291 g/mol. The third-order valence-electron chi connectivity index (χ3n) is 2.54. The van der Waals surface area contributed by atoms with Gasteiger partial charge in [0.15, 0.2) is 0 Å². The molecule has 1 aromatic carbocycles. The number of hydrogen-bond acceptors (Lipinski definition) is 1. The number of benzene rings is 1. The predicted octanol–water partition coefficient (Wildman–Crippen LogP) is 3.65. The highest BCUT2D eigenvalue weighted by molar-refractivity contribution is 9.10. The molecular formula is C11H12BrClFN. The fourth-order valence-corrected chi connectivity index (χ4v) is 2.82. The molecule has 1 heterocycles. The molecule has 0 saturated carbocycles. The van der Waals surface area contributed by atoms with Gasteiger partial charge in [-0.3, -0.25) is 4.90 Å². The van der Waals surface area contributed by atoms with Gasteiger partial charge in [-0.15, -0.1) is 0 Å². The predicted molar refractivity (Wildman–Crippen MR) is 63.9 cm³/mol. The minimum absolute atomic E-state index is 0.546. The number of hydrogen-bond donors (Lipinski definition) is 0. The lowest BCUT2D eigenvalue weighted by Gasteiger charge is -2.14. The lowest BCUT2D eigenvalue weighted by Crippen LogP contribution is -2.20. The molecule has 0 aliphatic carbocycles. The lowest BCUT2D eigenvalue weighted by molar-refractivity contribution is 0.282. The third kappa shape index (κ3) is 3.16. The van der Waals surface area contributed by atoms with Gasteiger partial charge in [0, 0.05) is 29.1 Å². The Balaban J connectivity index is 2.04. The zero-order valence-corrected chi connectivity index (χ0v) is 10.6. The molecule has 1 aliphatic rings. The molecule has 0 N–H and O–H groups in total. The van der Waals surface area contributed by atoms with E-state index in [-0.39, 0.29) is 0 Å². The number of alkyl halides is 1. The zero-order valence-electron chi connectivity index (χ0n) is 8.22. The number of rotatable bonds is 2. The van der Waals surface area contributed by atoms with E-state index < -0.39 is 6.17 Å². The number of halogens is 3. The fourth-order valence-electron chi connectivity index (χ4n) is 1.89. The molecule has 1 saturated heterocycles. The molecule has 0 aromatic heterocycles. The first-order chi connectivity index (χ1) is 7.13. The summed E-state index contributed by atoms with van der Waals surface area (Å²) in [6.45, 7) is 2.16. The highest BCUT2D eigenvalue weighted by atomic mass is 79.9. The van der Waals surface area contributed by atoms with Crippen molar-refractivity contribution in [1.29, 1.82) is 0 Å². The molecular weight excluding hydrogens is 280 g/mol. The molecule has 1 aliphatic heterocycles. The second-order valence-corrected chi connectivity index (χ2v) is 5.25. The molecule has 4 heteroatoms. The summed E-state index contributed by atoms with van der Waals surface area (Å²) in [5, 5.41) is 0.718. The van der Waals surface area contributed by atoms with E-state index in [0.717, 1.165) is 28.1 Å². The summed E-state index contributed by atoms with van der Waals surface area (Å²) in [5.41, 5.74) is 1.13. The quantitative estimate of drug-likeness (QED) is 0.804. The van der Waals surface area contributed by atoms with Crippen LogP contribution in [0.25, 0.3) is 0 Å². The van der Waals surface area contributed by atoms with E-state index in [9.17, 15) is 4.39 Å². The fraction of sp³-hybridized carbons (Fsp3) is 0.455. The van der Waals surface area contributed by atoms with Crippen LogP contribution in [0.3, 0.4) is 0 Å². The standard InChI is InChI=1S/C11H12BrClFN/c12-9-3-8(4-10(13)5-9)6-15-2-1-11(14)7-15/h3-5,11H,1-2,6-7H2/t11-/m0/s1. The van der Waals surface area contributed by atoms with Crippen molar-refractivity contribution >= 4 is 27.5 Å². The van der Waals surface area contributed by atoms with Crippen LogP contribution in [0.4, 0.5) is 4.39 Å². The molecule has 0 amide bonds. The first-order valence-corrected chi connectivity index (χ1v) is 6.12. The molecule has 82 valence electrons. The van der Waals surface area contributed by atoms with E-state index in [1.807, 2.05) is 18.2 Å². The molecule has 1 fully saturated rings. The number of likely N-dealkylation sites (tertiary alicyclic amines) is 1. The first-order valence-electron chi connectivity index (χ1n) is 4.95. The summed E-state index contributed by atoms with van der Waals surface area (Å²) in [6, 6.07) is 5.81. The molecule has 1 atom stereocenters. The molecule has 1 nitrogen and oxygen atoms in total. The van der Waals surface area contributed by atoms with Gasteiger partial charge < -0.3 is 0 Å². The molecule has 2 rings (SSSR count). The Kier molecular flexibility index (Phi) is 3.65. The summed E-state index contributed by atoms with van der Waals surface area (Å²) in [4.78, 5) is 2.11. The van der Waals surface area contributed by atoms with Gasteiger partial charge >= 0.3 is 0 Å². The van der Waals surface area contributed by atoms with Crippen molar-refractivity contribution in [3.8, 4) is 0 Å². The smallest absolute Gasteiger partial charge is 0.114 e. The maximum Gasteiger partial charge on any atom is 0.114 e. The van der Waals surface area contributed by atoms with Crippen molar-refractivity contribution in [2.45, 2.75) is 19.1 Å². The van der Waals surface area contributed by atoms with Gasteiger partial charge in [-0.2, -0.15) is 0 Å². The molecule has 0 radical (unpaired) electrons. The molecule has 1 aromatic rings. The van der Waals surface area contributed by atoms with Crippen LogP contribution in [-0.2, 0) is 6.54 Å². The van der Waals surface area contributed by atoms with Crippen molar-refractivity contribution in [3.63, 3.8) is 0 Å². The van der Waals surface area contributed by atoms with E-state index in [2.05, 4.69) is 20.8 Å². The van der Waals surface area contributed by atoms with Crippen molar-refractivity contribution in [2.24, 2.45) is 0 Å². The van der Waals surface area contributed by atoms with E-state index in [1.165, 1.54) is 0 Å². The maximum atomic E-state index is 13.0. The van der Waals surface area contributed by atoms with E-state index in [0.29, 0.717) is 13.0 Å². The van der Waals surface area contributed by atoms with Gasteiger partial charge in [0.2, 0.25) is 0 Å². The Hall–Kier alpha value is -0.120. The average molecular weight is 293 g/mol. The Labute approximate surface area is 102 Å². The van der Waals surface area contributed by atoms with E-state index in [4.69, 9.17) is 11.6 Å². The van der Waals surface area contributed by atoms with Crippen molar-refractivity contribution < 1.29 is 4.39 Å². The summed E-state index contributed by atoms with van der Waals surface area (Å²) >= 11 is 9.34. The van der Waals surface area contributed by atoms with Crippen LogP contribution in [-0.4, -0.2) is 24.2 Å². The maximum absolute atomic E-state index is 13.0. The van der Waals surface area contributed by atoms with Gasteiger partial charge in [-0.05, 0) is 30.2 Å². The van der Waals surface area contributed by atoms with Gasteiger partial charge in [0.25, 0.3) is 0 Å². The van der Waals surface area contributed by atoms with Crippen LogP contribution in [0, 0.1) is 0 Å². The van der Waals surface area contributed by atoms with Crippen molar-refractivity contribution in [1.82, 2.24) is 4.90 Å². The summed E-state index contributed by atoms with van der Waals surface area (Å²) in [7, 11) is 0. The molecule has 15 heavy (non-hydrogen) atoms. The zero-order chi connectivity index (χ0) is 10.8. The van der Waals surface area contributed by atoms with Gasteiger partial charge in [-0.1, -0.05) is 27.5 Å². The topological polar surface area (TPSA) is 3.24 Å². The van der Waals surface area contributed by atoms with Crippen LogP contribution >= 0.6 is 27.5 Å². The lowest BCUT2D eigenvalue weighted by atomic mass is 10.2. The highest BCUT2D eigenvalue weighted by Crippen LogP contribution is 2.22. The van der Waals surface area contributed by atoms with Crippen LogP contribution < -0.4 is 0 Å². The van der Waals surface area contributed by atoms with E-state index in [1.54, 1.807) is 0 Å². The Morgan fingerprint density at radius 1 is 1.47 bits per heavy atom. The Bertz CT molecular complexity index is 338. The Morgan fingerprint density at radius 3 is 2.87 bits per heavy atom. The normalized spacial score (nSPS) is 22.2. The largest absolute Gasteiger partial charge is 0.296 e. The second-order valence-electron chi connectivity index (χ2n) is 3.90. The van der Waals surface area contributed by atoms with Gasteiger partial charge in [-0.25, -0.2) is 4.39 Å². The third-order valence-corrected chi connectivity index (χ3v) is 3.22. The minimum Gasteiger partial charge on any atom is -0.296 e. The molecule has 0 spiro atoms. The minimum atomic E-state index is -0.660. The van der Waals surface area contributed by atoms with E-state index >= 15 is 0 Å². The van der Waals surface area contributed by atoms with Crippen LogP contribution in [0.1, 0.15) is 12.0 Å². The summed E-state index contributed by atoms with van der Waals surface area (Å²) < 4.78 is 13.9. The first kappa shape index (κ1) is 11.4. The van der Waals surface area contributed by atoms with Gasteiger partial charge in [0.05, 0.1) is 0 Å². The summed E-state index contributed by atoms with van der Waals surface area (Å²) in [6.07, 6.45) is -0.00511. The van der Waals surface area contributed by atoms with Crippen molar-refractivity contribution in [2.75, 3.05) is 13.1 Å². The highest BCUT2D eigenvalue weighted by Gasteiger charge is 2.21. The molecule has 0 bridgehead atoms. The average Bonchev–Trinajstić information content (AvgIpc) is 2.49. The number of nitrogens with zero attached hydrogens (tertiary/aromatic N) is 1. The molecule has 0 unspecified atom stereocenters. The van der Waals surface area contributed by atoms with Crippen molar-refractivity contribution in [3.05, 3.63) is 33.3 Å². The van der Waals surface area contributed by atoms with Crippen LogP contribution in [0.5, 0.6) is 0 Å². The second kappa shape index (κ2) is 4.81. The SMILES string of the molecule is F[C@H]1CCN(Cc2cc(Cl)cc(Br)c2)C1. The summed E-state index contributed by atoms with van der Waals surface area (Å²) in [5.74, 6) is 0. The van der Waals surface area contributed by atoms with Crippen LogP contribution in [0.2, 0.25) is 5.02 Å². The Morgan fingerprint density at radius 2 is 2.27 bits per heavy atom. The van der Waals surface area contributed by atoms with Crippen LogP contribution in [0.15, 0.2) is 22.7 Å². The van der Waals surface area contributed by atoms with Gasteiger partial charge in [0.1, 0.15) is 6.17 Å².